The number of nitriles is 1. The normalized spacial score (nSPS) is 11.9. The van der Waals surface area contributed by atoms with Crippen molar-refractivity contribution in [2.45, 2.75) is 20.3 Å². The largest absolute Gasteiger partial charge is 0.373 e. The van der Waals surface area contributed by atoms with Gasteiger partial charge in [0.15, 0.2) is 0 Å². The number of hydrogen-bond acceptors (Lipinski definition) is 2. The van der Waals surface area contributed by atoms with Crippen LogP contribution in [0.2, 0.25) is 0 Å². The molecule has 2 nitrogen and oxygen atoms in total. The van der Waals surface area contributed by atoms with Crippen LogP contribution in [0.15, 0.2) is 18.2 Å². The van der Waals surface area contributed by atoms with E-state index < -0.39 is 5.82 Å². The van der Waals surface area contributed by atoms with Crippen molar-refractivity contribution in [1.29, 1.82) is 5.26 Å². The molecule has 0 aliphatic rings. The number of hydrogen-bond donors (Lipinski definition) is 0. The van der Waals surface area contributed by atoms with Crippen molar-refractivity contribution in [2.75, 3.05) is 18.5 Å². The third-order valence-electron chi connectivity index (χ3n) is 2.80. The first-order chi connectivity index (χ1) is 7.60. The van der Waals surface area contributed by atoms with E-state index in [4.69, 9.17) is 5.26 Å². The zero-order valence-corrected chi connectivity index (χ0v) is 10.00. The molecule has 86 valence electrons. The first-order valence-corrected chi connectivity index (χ1v) is 5.49. The van der Waals surface area contributed by atoms with Crippen molar-refractivity contribution >= 4 is 5.69 Å². The van der Waals surface area contributed by atoms with Crippen LogP contribution in [0.1, 0.15) is 25.8 Å². The van der Waals surface area contributed by atoms with Crippen molar-refractivity contribution in [3.63, 3.8) is 0 Å². The topological polar surface area (TPSA) is 27.0 Å². The zero-order chi connectivity index (χ0) is 12.1. The highest BCUT2D eigenvalue weighted by atomic mass is 19.1. The highest BCUT2D eigenvalue weighted by Gasteiger charge is 2.12. The Labute approximate surface area is 96.3 Å². The molecule has 0 bridgehead atoms. The first kappa shape index (κ1) is 12.5. The standard InChI is InChI=1S/C13H17FN2/c1-4-10(2)9-16(3)13-7-5-6-12(14)11(13)8-15/h5-7,10H,4,9H2,1-3H3. The fraction of sp³-hybridized carbons (Fsp3) is 0.462. The van der Waals surface area contributed by atoms with Gasteiger partial charge in [-0.1, -0.05) is 26.3 Å². The van der Waals surface area contributed by atoms with E-state index in [2.05, 4.69) is 13.8 Å². The summed E-state index contributed by atoms with van der Waals surface area (Å²) in [6.45, 7) is 5.09. The summed E-state index contributed by atoms with van der Waals surface area (Å²) in [4.78, 5) is 1.94. The monoisotopic (exact) mass is 220 g/mol. The fourth-order valence-corrected chi connectivity index (χ4v) is 1.64. The highest BCUT2D eigenvalue weighted by Crippen LogP contribution is 2.22. The van der Waals surface area contributed by atoms with Gasteiger partial charge in [-0.3, -0.25) is 0 Å². The van der Waals surface area contributed by atoms with Crippen molar-refractivity contribution in [1.82, 2.24) is 0 Å². The van der Waals surface area contributed by atoms with Gasteiger partial charge in [0.2, 0.25) is 0 Å². The molecule has 0 aromatic heterocycles. The molecule has 0 spiro atoms. The molecule has 1 rings (SSSR count). The second-order valence-electron chi connectivity index (χ2n) is 4.14. The van der Waals surface area contributed by atoms with E-state index in [-0.39, 0.29) is 5.56 Å². The van der Waals surface area contributed by atoms with Gasteiger partial charge in [0.25, 0.3) is 0 Å². The quantitative estimate of drug-likeness (QED) is 0.779. The lowest BCUT2D eigenvalue weighted by Gasteiger charge is -2.23. The first-order valence-electron chi connectivity index (χ1n) is 5.49. The van der Waals surface area contributed by atoms with E-state index in [1.54, 1.807) is 12.1 Å². The van der Waals surface area contributed by atoms with Gasteiger partial charge in [-0.05, 0) is 18.1 Å². The second-order valence-corrected chi connectivity index (χ2v) is 4.14. The maximum atomic E-state index is 13.4. The predicted octanol–water partition coefficient (Wildman–Crippen LogP) is 3.18. The number of anilines is 1. The Morgan fingerprint density at radius 3 is 2.75 bits per heavy atom. The SMILES string of the molecule is CCC(C)CN(C)c1cccc(F)c1C#N. The number of nitrogens with zero attached hydrogens (tertiary/aromatic N) is 2. The van der Waals surface area contributed by atoms with Crippen LogP contribution in [0.5, 0.6) is 0 Å². The summed E-state index contributed by atoms with van der Waals surface area (Å²) < 4.78 is 13.4. The van der Waals surface area contributed by atoms with Crippen LogP contribution in [0.3, 0.4) is 0 Å². The Balaban J connectivity index is 2.96. The second kappa shape index (κ2) is 5.50. The van der Waals surface area contributed by atoms with Crippen LogP contribution in [0, 0.1) is 23.1 Å². The Kier molecular flexibility index (Phi) is 4.30. The third kappa shape index (κ3) is 2.73. The van der Waals surface area contributed by atoms with Crippen molar-refractivity contribution in [3.8, 4) is 6.07 Å². The van der Waals surface area contributed by atoms with Crippen LogP contribution in [0.4, 0.5) is 10.1 Å². The third-order valence-corrected chi connectivity index (χ3v) is 2.80. The molecule has 0 heterocycles. The molecule has 16 heavy (non-hydrogen) atoms. The maximum absolute atomic E-state index is 13.4. The van der Waals surface area contributed by atoms with Gasteiger partial charge >= 0.3 is 0 Å². The predicted molar refractivity (Wildman–Crippen MR) is 63.8 cm³/mol. The number of benzene rings is 1. The van der Waals surface area contributed by atoms with Crippen LogP contribution in [0.25, 0.3) is 0 Å². The summed E-state index contributed by atoms with van der Waals surface area (Å²) in [6.07, 6.45) is 1.07. The van der Waals surface area contributed by atoms with E-state index >= 15 is 0 Å². The van der Waals surface area contributed by atoms with Gasteiger partial charge in [-0.2, -0.15) is 5.26 Å². The molecule has 3 heteroatoms. The Morgan fingerprint density at radius 2 is 2.19 bits per heavy atom. The number of rotatable bonds is 4. The molecule has 0 amide bonds. The molecule has 1 aromatic rings. The minimum Gasteiger partial charge on any atom is -0.373 e. The molecule has 0 radical (unpaired) electrons. The van der Waals surface area contributed by atoms with Crippen LogP contribution in [-0.4, -0.2) is 13.6 Å². The van der Waals surface area contributed by atoms with Crippen molar-refractivity contribution in [2.24, 2.45) is 5.92 Å². The molecule has 0 aliphatic carbocycles. The van der Waals surface area contributed by atoms with Gasteiger partial charge < -0.3 is 4.90 Å². The molecule has 0 fully saturated rings. The van der Waals surface area contributed by atoms with Gasteiger partial charge in [0, 0.05) is 13.6 Å². The molecule has 0 saturated carbocycles. The lowest BCUT2D eigenvalue weighted by Crippen LogP contribution is -2.24. The summed E-state index contributed by atoms with van der Waals surface area (Å²) in [5.41, 5.74) is 0.802. The molecule has 0 saturated heterocycles. The van der Waals surface area contributed by atoms with E-state index in [9.17, 15) is 4.39 Å². The summed E-state index contributed by atoms with van der Waals surface area (Å²) >= 11 is 0. The van der Waals surface area contributed by atoms with Crippen LogP contribution in [-0.2, 0) is 0 Å². The Morgan fingerprint density at radius 1 is 1.50 bits per heavy atom. The van der Waals surface area contributed by atoms with Crippen LogP contribution >= 0.6 is 0 Å². The number of halogens is 1. The van der Waals surface area contributed by atoms with E-state index in [0.29, 0.717) is 11.6 Å². The minimum absolute atomic E-state index is 0.133. The van der Waals surface area contributed by atoms with E-state index in [1.807, 2.05) is 18.0 Å². The molecule has 1 aromatic carbocycles. The minimum atomic E-state index is -0.448. The van der Waals surface area contributed by atoms with Crippen molar-refractivity contribution < 1.29 is 4.39 Å². The molecular formula is C13H17FN2. The molecule has 0 N–H and O–H groups in total. The Hall–Kier alpha value is -1.56. The van der Waals surface area contributed by atoms with E-state index in [1.165, 1.54) is 6.07 Å². The van der Waals surface area contributed by atoms with Crippen LogP contribution < -0.4 is 4.90 Å². The van der Waals surface area contributed by atoms with Gasteiger partial charge in [0.1, 0.15) is 17.4 Å². The average molecular weight is 220 g/mol. The zero-order valence-electron chi connectivity index (χ0n) is 10.00. The van der Waals surface area contributed by atoms with Gasteiger partial charge in [-0.25, -0.2) is 4.39 Å². The summed E-state index contributed by atoms with van der Waals surface area (Å²) in [5.74, 6) is 0.0795. The van der Waals surface area contributed by atoms with Crippen molar-refractivity contribution in [3.05, 3.63) is 29.6 Å². The molecule has 0 aliphatic heterocycles. The van der Waals surface area contributed by atoms with Gasteiger partial charge in [0.05, 0.1) is 5.69 Å². The summed E-state index contributed by atoms with van der Waals surface area (Å²) in [5, 5.41) is 8.92. The fourth-order valence-electron chi connectivity index (χ4n) is 1.64. The molecular weight excluding hydrogens is 203 g/mol. The molecule has 1 unspecified atom stereocenters. The Bertz CT molecular complexity index is 395. The van der Waals surface area contributed by atoms with Gasteiger partial charge in [-0.15, -0.1) is 0 Å². The summed E-state index contributed by atoms with van der Waals surface area (Å²) in [7, 11) is 1.89. The highest BCUT2D eigenvalue weighted by molar-refractivity contribution is 5.59. The van der Waals surface area contributed by atoms with E-state index in [0.717, 1.165) is 13.0 Å². The molecule has 1 atom stereocenters. The smallest absolute Gasteiger partial charge is 0.143 e. The average Bonchev–Trinajstić information content (AvgIpc) is 2.28. The lowest BCUT2D eigenvalue weighted by atomic mass is 10.1. The lowest BCUT2D eigenvalue weighted by molar-refractivity contribution is 0.558. The maximum Gasteiger partial charge on any atom is 0.143 e. The summed E-state index contributed by atoms with van der Waals surface area (Å²) in [6, 6.07) is 6.66.